The van der Waals surface area contributed by atoms with E-state index in [9.17, 15) is 4.79 Å². The molecule has 1 saturated carbocycles. The standard InChI is InChI=1S/C21H34N4O2/c1-25(2)19(26)16-23-20(22-15-18-9-5-4-6-10-18)24-17-21(13-14-27-3)11-7-8-12-21/h4-6,9-10H,7-8,11-17H2,1-3H3,(H2,22,23,24). The molecule has 0 aromatic heterocycles. The summed E-state index contributed by atoms with van der Waals surface area (Å²) in [6.07, 6.45) is 6.03. The van der Waals surface area contributed by atoms with Crippen LogP contribution in [-0.4, -0.2) is 57.7 Å². The number of carbonyl (C=O) groups excluding carboxylic acids is 1. The Labute approximate surface area is 163 Å². The van der Waals surface area contributed by atoms with Crippen LogP contribution in [0.1, 0.15) is 37.7 Å². The molecule has 2 N–H and O–H groups in total. The van der Waals surface area contributed by atoms with E-state index < -0.39 is 0 Å². The Bertz CT molecular complexity index is 595. The number of guanidine groups is 1. The smallest absolute Gasteiger partial charge is 0.241 e. The van der Waals surface area contributed by atoms with Crippen molar-refractivity contribution in [2.45, 2.75) is 38.6 Å². The van der Waals surface area contributed by atoms with Gasteiger partial charge in [0.25, 0.3) is 0 Å². The van der Waals surface area contributed by atoms with Gasteiger partial charge in [0.05, 0.1) is 13.1 Å². The van der Waals surface area contributed by atoms with Crippen LogP contribution >= 0.6 is 0 Å². The quantitative estimate of drug-likeness (QED) is 0.515. The number of benzene rings is 1. The van der Waals surface area contributed by atoms with E-state index in [1.807, 2.05) is 18.2 Å². The number of carbonyl (C=O) groups is 1. The van der Waals surface area contributed by atoms with Crippen LogP contribution in [0.25, 0.3) is 0 Å². The van der Waals surface area contributed by atoms with Crippen molar-refractivity contribution in [3.8, 4) is 0 Å². The number of hydrogen-bond acceptors (Lipinski definition) is 3. The van der Waals surface area contributed by atoms with Gasteiger partial charge in [-0.15, -0.1) is 0 Å². The number of hydrogen-bond donors (Lipinski definition) is 2. The molecule has 27 heavy (non-hydrogen) atoms. The minimum Gasteiger partial charge on any atom is -0.385 e. The van der Waals surface area contributed by atoms with Gasteiger partial charge in [0.2, 0.25) is 5.91 Å². The molecule has 0 radical (unpaired) electrons. The van der Waals surface area contributed by atoms with Crippen molar-refractivity contribution in [2.24, 2.45) is 10.4 Å². The SMILES string of the molecule is COCCC1(CNC(=NCc2ccccc2)NCC(=O)N(C)C)CCCC1. The molecule has 1 fully saturated rings. The summed E-state index contributed by atoms with van der Waals surface area (Å²) in [5, 5.41) is 6.67. The van der Waals surface area contributed by atoms with Crippen molar-refractivity contribution in [2.75, 3.05) is 40.9 Å². The molecular weight excluding hydrogens is 340 g/mol. The van der Waals surface area contributed by atoms with E-state index in [-0.39, 0.29) is 17.9 Å². The Morgan fingerprint density at radius 2 is 1.89 bits per heavy atom. The largest absolute Gasteiger partial charge is 0.385 e. The van der Waals surface area contributed by atoms with Crippen LogP contribution in [-0.2, 0) is 16.1 Å². The van der Waals surface area contributed by atoms with Crippen molar-refractivity contribution >= 4 is 11.9 Å². The molecule has 6 heteroatoms. The van der Waals surface area contributed by atoms with Gasteiger partial charge in [0, 0.05) is 34.4 Å². The molecule has 2 rings (SSSR count). The molecule has 0 aliphatic heterocycles. The summed E-state index contributed by atoms with van der Waals surface area (Å²) in [5.41, 5.74) is 1.41. The van der Waals surface area contributed by atoms with Crippen LogP contribution < -0.4 is 10.6 Å². The maximum Gasteiger partial charge on any atom is 0.241 e. The molecule has 0 unspecified atom stereocenters. The third-order valence-electron chi connectivity index (χ3n) is 5.30. The van der Waals surface area contributed by atoms with Crippen LogP contribution in [0.5, 0.6) is 0 Å². The molecule has 1 aromatic carbocycles. The van der Waals surface area contributed by atoms with Gasteiger partial charge in [-0.1, -0.05) is 43.2 Å². The maximum atomic E-state index is 12.0. The predicted molar refractivity (Wildman–Crippen MR) is 110 cm³/mol. The molecule has 0 bridgehead atoms. The number of methoxy groups -OCH3 is 1. The first-order valence-electron chi connectivity index (χ1n) is 9.80. The molecule has 0 heterocycles. The van der Waals surface area contributed by atoms with Gasteiger partial charge in [-0.25, -0.2) is 4.99 Å². The third kappa shape index (κ3) is 7.21. The number of nitrogens with zero attached hydrogens (tertiary/aromatic N) is 2. The fraction of sp³-hybridized carbons (Fsp3) is 0.619. The zero-order valence-electron chi connectivity index (χ0n) is 17.0. The number of nitrogens with one attached hydrogen (secondary N) is 2. The van der Waals surface area contributed by atoms with Crippen LogP contribution in [0.15, 0.2) is 35.3 Å². The summed E-state index contributed by atoms with van der Waals surface area (Å²) in [4.78, 5) is 18.2. The maximum absolute atomic E-state index is 12.0. The average molecular weight is 375 g/mol. The molecular formula is C21H34N4O2. The van der Waals surface area contributed by atoms with E-state index in [1.54, 1.807) is 26.1 Å². The second-order valence-electron chi connectivity index (χ2n) is 7.60. The van der Waals surface area contributed by atoms with Gasteiger partial charge in [-0.05, 0) is 30.2 Å². The zero-order valence-corrected chi connectivity index (χ0v) is 17.0. The molecule has 1 aromatic rings. The van der Waals surface area contributed by atoms with Crippen LogP contribution in [0.4, 0.5) is 0 Å². The van der Waals surface area contributed by atoms with E-state index in [1.165, 1.54) is 25.7 Å². The number of ether oxygens (including phenoxy) is 1. The first kappa shape index (κ1) is 21.2. The lowest BCUT2D eigenvalue weighted by atomic mass is 9.83. The molecule has 1 aliphatic carbocycles. The van der Waals surface area contributed by atoms with Crippen molar-refractivity contribution in [1.82, 2.24) is 15.5 Å². The zero-order chi connectivity index (χ0) is 19.5. The Balaban J connectivity index is 2.00. The van der Waals surface area contributed by atoms with Gasteiger partial charge in [0.1, 0.15) is 0 Å². The second kappa shape index (κ2) is 10.9. The number of likely N-dealkylation sites (N-methyl/N-ethyl adjacent to an activating group) is 1. The van der Waals surface area contributed by atoms with Crippen LogP contribution in [0.3, 0.4) is 0 Å². The summed E-state index contributed by atoms with van der Waals surface area (Å²) >= 11 is 0. The monoisotopic (exact) mass is 374 g/mol. The first-order chi connectivity index (χ1) is 13.0. The van der Waals surface area contributed by atoms with Crippen LogP contribution in [0, 0.1) is 5.41 Å². The van der Waals surface area contributed by atoms with E-state index in [0.29, 0.717) is 12.5 Å². The van der Waals surface area contributed by atoms with Crippen molar-refractivity contribution < 1.29 is 9.53 Å². The van der Waals surface area contributed by atoms with Crippen molar-refractivity contribution in [3.63, 3.8) is 0 Å². The van der Waals surface area contributed by atoms with Crippen molar-refractivity contribution in [3.05, 3.63) is 35.9 Å². The highest BCUT2D eigenvalue weighted by atomic mass is 16.5. The van der Waals surface area contributed by atoms with Gasteiger partial charge in [0.15, 0.2) is 5.96 Å². The minimum atomic E-state index is 0.0270. The molecule has 0 spiro atoms. The lowest BCUT2D eigenvalue weighted by Gasteiger charge is -2.30. The van der Waals surface area contributed by atoms with E-state index in [4.69, 9.17) is 9.73 Å². The van der Waals surface area contributed by atoms with Crippen molar-refractivity contribution in [1.29, 1.82) is 0 Å². The molecule has 1 amide bonds. The lowest BCUT2D eigenvalue weighted by Crippen LogP contribution is -2.46. The van der Waals surface area contributed by atoms with Gasteiger partial charge in [-0.2, -0.15) is 0 Å². The fourth-order valence-corrected chi connectivity index (χ4v) is 3.48. The number of amides is 1. The summed E-state index contributed by atoms with van der Waals surface area (Å²) in [7, 11) is 5.28. The van der Waals surface area contributed by atoms with Gasteiger partial charge in [-0.3, -0.25) is 4.79 Å². The summed E-state index contributed by atoms with van der Waals surface area (Å²) in [6, 6.07) is 10.1. The van der Waals surface area contributed by atoms with E-state index in [0.717, 1.165) is 25.1 Å². The van der Waals surface area contributed by atoms with Gasteiger partial charge < -0.3 is 20.3 Å². The fourth-order valence-electron chi connectivity index (χ4n) is 3.48. The Morgan fingerprint density at radius 1 is 1.19 bits per heavy atom. The summed E-state index contributed by atoms with van der Waals surface area (Å²) in [5.74, 6) is 0.719. The molecule has 6 nitrogen and oxygen atoms in total. The van der Waals surface area contributed by atoms with Crippen LogP contribution in [0.2, 0.25) is 0 Å². The molecule has 150 valence electrons. The normalized spacial score (nSPS) is 16.2. The molecule has 0 saturated heterocycles. The summed E-state index contributed by atoms with van der Waals surface area (Å²) < 4.78 is 5.32. The molecule has 1 aliphatic rings. The molecule has 0 atom stereocenters. The third-order valence-corrected chi connectivity index (χ3v) is 5.30. The summed E-state index contributed by atoms with van der Waals surface area (Å²) in [6.45, 7) is 2.45. The highest BCUT2D eigenvalue weighted by molar-refractivity contribution is 5.86. The lowest BCUT2D eigenvalue weighted by molar-refractivity contribution is -0.127. The average Bonchev–Trinajstić information content (AvgIpc) is 3.15. The first-order valence-corrected chi connectivity index (χ1v) is 9.80. The highest BCUT2D eigenvalue weighted by Gasteiger charge is 2.33. The van der Waals surface area contributed by atoms with E-state index in [2.05, 4.69) is 22.8 Å². The number of rotatable bonds is 9. The predicted octanol–water partition coefficient (Wildman–Crippen LogP) is 2.41. The second-order valence-corrected chi connectivity index (χ2v) is 7.60. The Morgan fingerprint density at radius 3 is 2.52 bits per heavy atom. The number of aliphatic imine (C=N–C) groups is 1. The Kier molecular flexibility index (Phi) is 8.58. The Hall–Kier alpha value is -2.08. The van der Waals surface area contributed by atoms with E-state index >= 15 is 0 Å². The minimum absolute atomic E-state index is 0.0270. The topological polar surface area (TPSA) is 66.0 Å². The van der Waals surface area contributed by atoms with Gasteiger partial charge >= 0.3 is 0 Å². The highest BCUT2D eigenvalue weighted by Crippen LogP contribution is 2.40.